The standard InChI is InChI=1S/C9H15N3O2/c10-6-3-4-12(5-6)9(14)7-1-2-8(13)11-7/h6-7H,1-5,10H2,(H,11,13)/t6-,7?/m0/s1. The summed E-state index contributed by atoms with van der Waals surface area (Å²) in [6, 6.07) is -0.191. The van der Waals surface area contributed by atoms with Crippen LogP contribution in [0.3, 0.4) is 0 Å². The van der Waals surface area contributed by atoms with Crippen LogP contribution in [0.4, 0.5) is 0 Å². The molecule has 0 aromatic heterocycles. The molecule has 2 heterocycles. The molecular weight excluding hydrogens is 182 g/mol. The number of hydrogen-bond donors (Lipinski definition) is 2. The van der Waals surface area contributed by atoms with Gasteiger partial charge in [-0.1, -0.05) is 0 Å². The van der Waals surface area contributed by atoms with Gasteiger partial charge < -0.3 is 16.0 Å². The summed E-state index contributed by atoms with van der Waals surface area (Å²) < 4.78 is 0. The average molecular weight is 197 g/mol. The fourth-order valence-corrected chi connectivity index (χ4v) is 2.01. The highest BCUT2D eigenvalue weighted by Gasteiger charge is 2.33. The Morgan fingerprint density at radius 2 is 2.29 bits per heavy atom. The van der Waals surface area contributed by atoms with Gasteiger partial charge in [0, 0.05) is 25.6 Å². The van der Waals surface area contributed by atoms with Crippen LogP contribution >= 0.6 is 0 Å². The van der Waals surface area contributed by atoms with Crippen molar-refractivity contribution in [3.8, 4) is 0 Å². The molecule has 2 aliphatic rings. The number of nitrogens with two attached hydrogens (primary N) is 1. The summed E-state index contributed by atoms with van der Waals surface area (Å²) in [5.74, 6) is 0.00986. The number of likely N-dealkylation sites (tertiary alicyclic amines) is 1. The van der Waals surface area contributed by atoms with E-state index in [2.05, 4.69) is 5.32 Å². The predicted molar refractivity (Wildman–Crippen MR) is 50.3 cm³/mol. The molecule has 2 saturated heterocycles. The zero-order valence-corrected chi connectivity index (χ0v) is 8.03. The third-order valence-corrected chi connectivity index (χ3v) is 2.83. The van der Waals surface area contributed by atoms with Crippen molar-refractivity contribution < 1.29 is 9.59 Å². The van der Waals surface area contributed by atoms with Gasteiger partial charge in [-0.15, -0.1) is 0 Å². The molecule has 3 N–H and O–H groups in total. The van der Waals surface area contributed by atoms with Crippen LogP contribution in [0.5, 0.6) is 0 Å². The van der Waals surface area contributed by atoms with E-state index in [0.717, 1.165) is 13.0 Å². The van der Waals surface area contributed by atoms with Crippen LogP contribution in [-0.2, 0) is 9.59 Å². The van der Waals surface area contributed by atoms with Crippen LogP contribution in [0.2, 0.25) is 0 Å². The maximum atomic E-state index is 11.8. The van der Waals surface area contributed by atoms with Gasteiger partial charge in [-0.25, -0.2) is 0 Å². The summed E-state index contributed by atoms with van der Waals surface area (Å²) in [4.78, 5) is 24.5. The lowest BCUT2D eigenvalue weighted by atomic mass is 10.2. The van der Waals surface area contributed by atoms with Crippen LogP contribution in [0.15, 0.2) is 0 Å². The lowest BCUT2D eigenvalue weighted by molar-refractivity contribution is -0.133. The molecule has 0 spiro atoms. The number of hydrogen-bond acceptors (Lipinski definition) is 3. The molecule has 0 radical (unpaired) electrons. The highest BCUT2D eigenvalue weighted by molar-refractivity contribution is 5.90. The minimum Gasteiger partial charge on any atom is -0.344 e. The Balaban J connectivity index is 1.92. The summed E-state index contributed by atoms with van der Waals surface area (Å²) in [6.45, 7) is 1.36. The molecule has 0 aromatic carbocycles. The van der Waals surface area contributed by atoms with Gasteiger partial charge in [0.15, 0.2) is 0 Å². The Morgan fingerprint density at radius 1 is 1.50 bits per heavy atom. The lowest BCUT2D eigenvalue weighted by Crippen LogP contribution is -2.44. The van der Waals surface area contributed by atoms with Gasteiger partial charge in [0.2, 0.25) is 11.8 Å². The van der Waals surface area contributed by atoms with Gasteiger partial charge in [0.1, 0.15) is 6.04 Å². The number of carbonyl (C=O) groups excluding carboxylic acids is 2. The molecule has 2 fully saturated rings. The van der Waals surface area contributed by atoms with E-state index in [-0.39, 0.29) is 23.9 Å². The molecule has 5 heteroatoms. The van der Waals surface area contributed by atoms with E-state index in [0.29, 0.717) is 19.4 Å². The quantitative estimate of drug-likeness (QED) is 0.556. The average Bonchev–Trinajstić information content (AvgIpc) is 2.73. The fraction of sp³-hybridized carbons (Fsp3) is 0.778. The van der Waals surface area contributed by atoms with E-state index >= 15 is 0 Å². The van der Waals surface area contributed by atoms with Crippen molar-refractivity contribution in [3.63, 3.8) is 0 Å². The Hall–Kier alpha value is -1.10. The Bertz CT molecular complexity index is 267. The molecule has 2 amide bonds. The summed E-state index contributed by atoms with van der Waals surface area (Å²) in [7, 11) is 0. The van der Waals surface area contributed by atoms with E-state index in [1.165, 1.54) is 0 Å². The van der Waals surface area contributed by atoms with Gasteiger partial charge in [-0.3, -0.25) is 9.59 Å². The molecule has 78 valence electrons. The van der Waals surface area contributed by atoms with Gasteiger partial charge in [0.25, 0.3) is 0 Å². The largest absolute Gasteiger partial charge is 0.344 e. The molecule has 1 unspecified atom stereocenters. The van der Waals surface area contributed by atoms with Crippen molar-refractivity contribution in [1.82, 2.24) is 10.2 Å². The highest BCUT2D eigenvalue weighted by atomic mass is 16.2. The number of nitrogens with zero attached hydrogens (tertiary/aromatic N) is 1. The smallest absolute Gasteiger partial charge is 0.245 e. The molecule has 0 bridgehead atoms. The molecule has 0 aliphatic carbocycles. The molecule has 5 nitrogen and oxygen atoms in total. The van der Waals surface area contributed by atoms with Crippen molar-refractivity contribution >= 4 is 11.8 Å². The van der Waals surface area contributed by atoms with Crippen LogP contribution in [-0.4, -0.2) is 41.9 Å². The van der Waals surface area contributed by atoms with Gasteiger partial charge >= 0.3 is 0 Å². The van der Waals surface area contributed by atoms with Crippen LogP contribution in [0, 0.1) is 0 Å². The number of nitrogens with one attached hydrogen (secondary N) is 1. The minimum absolute atomic E-state index is 0.0214. The second kappa shape index (κ2) is 3.57. The first kappa shape index (κ1) is 9.45. The van der Waals surface area contributed by atoms with Crippen LogP contribution in [0.25, 0.3) is 0 Å². The van der Waals surface area contributed by atoms with Crippen molar-refractivity contribution in [3.05, 3.63) is 0 Å². The Kier molecular flexibility index (Phi) is 2.41. The molecule has 2 aliphatic heterocycles. The molecule has 2 atom stereocenters. The van der Waals surface area contributed by atoms with Crippen molar-refractivity contribution in [1.29, 1.82) is 0 Å². The number of carbonyl (C=O) groups is 2. The van der Waals surface area contributed by atoms with Gasteiger partial charge in [-0.2, -0.15) is 0 Å². The van der Waals surface area contributed by atoms with E-state index in [1.807, 2.05) is 0 Å². The summed E-state index contributed by atoms with van der Waals surface area (Å²) in [6.07, 6.45) is 1.96. The van der Waals surface area contributed by atoms with E-state index in [1.54, 1.807) is 4.90 Å². The first-order valence-corrected chi connectivity index (χ1v) is 5.00. The molecule has 0 saturated carbocycles. The van der Waals surface area contributed by atoms with Crippen molar-refractivity contribution in [2.75, 3.05) is 13.1 Å². The first-order valence-electron chi connectivity index (χ1n) is 5.00. The number of amides is 2. The lowest BCUT2D eigenvalue weighted by Gasteiger charge is -2.19. The van der Waals surface area contributed by atoms with Gasteiger partial charge in [0.05, 0.1) is 0 Å². The maximum Gasteiger partial charge on any atom is 0.245 e. The monoisotopic (exact) mass is 197 g/mol. The van der Waals surface area contributed by atoms with Crippen LogP contribution < -0.4 is 11.1 Å². The van der Waals surface area contributed by atoms with Crippen molar-refractivity contribution in [2.45, 2.75) is 31.3 Å². The van der Waals surface area contributed by atoms with E-state index in [9.17, 15) is 9.59 Å². The first-order chi connectivity index (χ1) is 6.66. The van der Waals surface area contributed by atoms with E-state index in [4.69, 9.17) is 5.73 Å². The summed E-state index contributed by atoms with van der Waals surface area (Å²) in [5, 5.41) is 2.67. The second-order valence-electron chi connectivity index (χ2n) is 3.99. The zero-order valence-electron chi connectivity index (χ0n) is 8.03. The zero-order chi connectivity index (χ0) is 10.1. The molecule has 14 heavy (non-hydrogen) atoms. The Morgan fingerprint density at radius 3 is 2.79 bits per heavy atom. The Labute approximate surface area is 82.6 Å². The third-order valence-electron chi connectivity index (χ3n) is 2.83. The normalized spacial score (nSPS) is 32.1. The topological polar surface area (TPSA) is 75.4 Å². The van der Waals surface area contributed by atoms with Crippen molar-refractivity contribution in [2.24, 2.45) is 5.73 Å². The summed E-state index contributed by atoms with van der Waals surface area (Å²) >= 11 is 0. The predicted octanol–water partition coefficient (Wildman–Crippen LogP) is -1.18. The SMILES string of the molecule is N[C@H]1CCN(C(=O)C2CCC(=O)N2)C1. The third kappa shape index (κ3) is 1.72. The van der Waals surface area contributed by atoms with E-state index < -0.39 is 0 Å². The molecule has 2 rings (SSSR count). The second-order valence-corrected chi connectivity index (χ2v) is 3.99. The minimum atomic E-state index is -0.298. The number of rotatable bonds is 1. The summed E-state index contributed by atoms with van der Waals surface area (Å²) in [5.41, 5.74) is 5.71. The maximum absolute atomic E-state index is 11.8. The fourth-order valence-electron chi connectivity index (χ4n) is 2.01. The van der Waals surface area contributed by atoms with Crippen LogP contribution in [0.1, 0.15) is 19.3 Å². The molecule has 0 aromatic rings. The molecular formula is C9H15N3O2. The van der Waals surface area contributed by atoms with Gasteiger partial charge in [-0.05, 0) is 12.8 Å². The highest BCUT2D eigenvalue weighted by Crippen LogP contribution is 2.14.